The Hall–Kier alpha value is -4.73. The highest BCUT2D eigenvalue weighted by Gasteiger charge is 2.44. The van der Waals surface area contributed by atoms with Crippen molar-refractivity contribution in [3.8, 4) is 5.75 Å². The number of aliphatic hydroxyl groups excluding tert-OH is 1. The number of carboxylic acid groups (broad SMARTS) is 1. The number of phenolic OH excluding ortho intramolecular Hbond substituents is 1. The van der Waals surface area contributed by atoms with Gasteiger partial charge < -0.3 is 46.4 Å². The van der Waals surface area contributed by atoms with Crippen molar-refractivity contribution in [2.45, 2.75) is 68.7 Å². The van der Waals surface area contributed by atoms with Crippen molar-refractivity contribution in [2.75, 3.05) is 26.2 Å². The van der Waals surface area contributed by atoms with Crippen LogP contribution in [0.2, 0.25) is 0 Å². The number of hydrogen-bond donors (Lipinski definition) is 7. The van der Waals surface area contributed by atoms with Crippen LogP contribution in [0.3, 0.4) is 0 Å². The summed E-state index contributed by atoms with van der Waals surface area (Å²) in [5, 5.41) is 38.6. The van der Waals surface area contributed by atoms with Crippen LogP contribution in [0.1, 0.15) is 37.7 Å². The van der Waals surface area contributed by atoms with E-state index in [0.717, 1.165) is 0 Å². The van der Waals surface area contributed by atoms with Crippen LogP contribution < -0.4 is 21.3 Å². The predicted molar refractivity (Wildman–Crippen MR) is 149 cm³/mol. The number of aliphatic carboxylic acids is 1. The molecule has 3 heterocycles. The Kier molecular flexibility index (Phi) is 10.4. The normalized spacial score (nSPS) is 27.3. The zero-order valence-corrected chi connectivity index (χ0v) is 23.9. The quantitative estimate of drug-likeness (QED) is 0.177. The molecule has 1 aromatic rings. The molecule has 1 aromatic carbocycles. The molecule has 3 saturated heterocycles. The van der Waals surface area contributed by atoms with Crippen LogP contribution in [0, 0.1) is 0 Å². The minimum absolute atomic E-state index is 0.0412. The summed E-state index contributed by atoms with van der Waals surface area (Å²) in [5.41, 5.74) is 0.500. The van der Waals surface area contributed by atoms with E-state index in [-0.39, 0.29) is 25.3 Å². The zero-order chi connectivity index (χ0) is 32.0. The highest BCUT2D eigenvalue weighted by Crippen LogP contribution is 2.25. The topological polar surface area (TPSA) is 235 Å². The Morgan fingerprint density at radius 2 is 1.36 bits per heavy atom. The molecule has 5 atom stereocenters. The van der Waals surface area contributed by atoms with Crippen molar-refractivity contribution in [2.24, 2.45) is 0 Å². The average molecular weight is 617 g/mol. The summed E-state index contributed by atoms with van der Waals surface area (Å²) in [4.78, 5) is 93.7. The van der Waals surface area contributed by atoms with Crippen molar-refractivity contribution < 1.29 is 48.9 Å². The van der Waals surface area contributed by atoms with Crippen molar-refractivity contribution in [3.63, 3.8) is 0 Å². The molecule has 44 heavy (non-hydrogen) atoms. The SMILES string of the molecule is O=C(O)C[C@@H]1NC(=O)[C@H](Cc2ccc(O)cc2)NC(=O)CNC(=O)[C@H]2CCCN2C(=O)[C@@H]2CCCN2C(=O)[C@H](CO)NC1=O. The average Bonchev–Trinajstić information content (AvgIpc) is 3.68. The van der Waals surface area contributed by atoms with E-state index >= 15 is 0 Å². The molecular weight excluding hydrogens is 580 g/mol. The zero-order valence-electron chi connectivity index (χ0n) is 23.9. The number of aromatic hydroxyl groups is 1. The molecule has 238 valence electrons. The number of hydrogen-bond acceptors (Lipinski definition) is 9. The summed E-state index contributed by atoms with van der Waals surface area (Å²) in [6.45, 7) is -1.000. The Labute approximate surface area is 252 Å². The monoisotopic (exact) mass is 616 g/mol. The van der Waals surface area contributed by atoms with Crippen LogP contribution in [-0.2, 0) is 40.0 Å². The number of nitrogens with zero attached hydrogens (tertiary/aromatic N) is 2. The van der Waals surface area contributed by atoms with Gasteiger partial charge in [0.05, 0.1) is 19.6 Å². The second-order valence-corrected chi connectivity index (χ2v) is 11.0. The first kappa shape index (κ1) is 32.2. The Bertz CT molecular complexity index is 1300. The van der Waals surface area contributed by atoms with E-state index in [4.69, 9.17) is 0 Å². The first-order valence-electron chi connectivity index (χ1n) is 14.4. The third-order valence-corrected chi connectivity index (χ3v) is 7.92. The maximum atomic E-state index is 13.6. The summed E-state index contributed by atoms with van der Waals surface area (Å²) >= 11 is 0. The third kappa shape index (κ3) is 7.61. The predicted octanol–water partition coefficient (Wildman–Crippen LogP) is -3.03. The van der Waals surface area contributed by atoms with Gasteiger partial charge in [0.1, 0.15) is 36.0 Å². The molecule has 16 heteroatoms. The van der Waals surface area contributed by atoms with E-state index < -0.39 is 91.2 Å². The van der Waals surface area contributed by atoms with E-state index in [1.165, 1.54) is 34.1 Å². The van der Waals surface area contributed by atoms with Crippen molar-refractivity contribution in [1.82, 2.24) is 31.1 Å². The number of carboxylic acids is 1. The number of phenols is 1. The Morgan fingerprint density at radius 1 is 0.773 bits per heavy atom. The second-order valence-electron chi connectivity index (χ2n) is 11.0. The summed E-state index contributed by atoms with van der Waals surface area (Å²) in [7, 11) is 0. The van der Waals surface area contributed by atoms with E-state index in [0.29, 0.717) is 31.2 Å². The van der Waals surface area contributed by atoms with Gasteiger partial charge in [-0.05, 0) is 43.4 Å². The highest BCUT2D eigenvalue weighted by molar-refractivity contribution is 5.98. The summed E-state index contributed by atoms with van der Waals surface area (Å²) in [6, 6.07) is -0.708. The number of aliphatic hydroxyl groups is 1. The van der Waals surface area contributed by atoms with E-state index in [9.17, 15) is 48.9 Å². The summed E-state index contributed by atoms with van der Waals surface area (Å²) < 4.78 is 0. The molecule has 4 rings (SSSR count). The van der Waals surface area contributed by atoms with E-state index in [2.05, 4.69) is 21.3 Å². The standard InChI is InChI=1S/C28H36N6O10/c35-14-19-27(43)34-10-2-4-21(34)28(44)33-9-1-3-20(33)26(42)29-13-22(37)30-17(11-15-5-7-16(36)8-6-15)24(40)31-18(12-23(38)39)25(41)32-19/h5-8,17-21,35-36H,1-4,9-14H2,(H,29,42)(H,30,37)(H,31,40)(H,32,41)(H,38,39)/t17-,18-,19-,20+,21-/m0/s1. The minimum atomic E-state index is -1.71. The lowest BCUT2D eigenvalue weighted by molar-refractivity contribution is -0.148. The van der Waals surface area contributed by atoms with Crippen LogP contribution in [0.25, 0.3) is 0 Å². The van der Waals surface area contributed by atoms with Crippen LogP contribution in [0.15, 0.2) is 24.3 Å². The fraction of sp³-hybridized carbons (Fsp3) is 0.536. The lowest BCUT2D eigenvalue weighted by atomic mass is 10.0. The molecule has 3 aliphatic heterocycles. The third-order valence-electron chi connectivity index (χ3n) is 7.92. The van der Waals surface area contributed by atoms with Crippen LogP contribution in [0.4, 0.5) is 0 Å². The molecular formula is C28H36N6O10. The first-order chi connectivity index (χ1) is 21.0. The molecule has 3 aliphatic rings. The number of fused-ring (bicyclic) bond motifs is 2. The minimum Gasteiger partial charge on any atom is -0.508 e. The number of carbonyl (C=O) groups is 7. The van der Waals surface area contributed by atoms with Gasteiger partial charge in [0.2, 0.25) is 35.4 Å². The lowest BCUT2D eigenvalue weighted by Gasteiger charge is -2.33. The molecule has 7 N–H and O–H groups in total. The van der Waals surface area contributed by atoms with Gasteiger partial charge >= 0.3 is 5.97 Å². The largest absolute Gasteiger partial charge is 0.508 e. The van der Waals surface area contributed by atoms with Gasteiger partial charge in [-0.3, -0.25) is 33.6 Å². The van der Waals surface area contributed by atoms with Crippen LogP contribution in [0.5, 0.6) is 5.75 Å². The summed E-state index contributed by atoms with van der Waals surface area (Å²) in [6.07, 6.45) is 0.592. The van der Waals surface area contributed by atoms with Gasteiger partial charge in [-0.25, -0.2) is 0 Å². The van der Waals surface area contributed by atoms with Gasteiger partial charge in [0, 0.05) is 19.5 Å². The van der Waals surface area contributed by atoms with Gasteiger partial charge in [-0.2, -0.15) is 0 Å². The molecule has 0 unspecified atom stereocenters. The number of benzene rings is 1. The second kappa shape index (κ2) is 14.2. The fourth-order valence-electron chi connectivity index (χ4n) is 5.70. The molecule has 16 nitrogen and oxygen atoms in total. The van der Waals surface area contributed by atoms with Gasteiger partial charge in [-0.1, -0.05) is 12.1 Å². The highest BCUT2D eigenvalue weighted by atomic mass is 16.4. The fourth-order valence-corrected chi connectivity index (χ4v) is 5.70. The molecule has 3 fully saturated rings. The maximum Gasteiger partial charge on any atom is 0.305 e. The Morgan fingerprint density at radius 3 is 2.00 bits per heavy atom. The Balaban J connectivity index is 1.66. The molecule has 0 aliphatic carbocycles. The smallest absolute Gasteiger partial charge is 0.305 e. The van der Waals surface area contributed by atoms with E-state index in [1.54, 1.807) is 0 Å². The number of carbonyl (C=O) groups excluding carboxylic acids is 6. The molecule has 0 saturated carbocycles. The molecule has 0 radical (unpaired) electrons. The van der Waals surface area contributed by atoms with Gasteiger partial charge in [-0.15, -0.1) is 0 Å². The molecule has 0 spiro atoms. The molecule has 0 bridgehead atoms. The molecule has 0 aromatic heterocycles. The van der Waals surface area contributed by atoms with Gasteiger partial charge in [0.25, 0.3) is 0 Å². The van der Waals surface area contributed by atoms with Crippen molar-refractivity contribution >= 4 is 41.4 Å². The van der Waals surface area contributed by atoms with Gasteiger partial charge in [0.15, 0.2) is 0 Å². The van der Waals surface area contributed by atoms with Crippen molar-refractivity contribution in [1.29, 1.82) is 0 Å². The van der Waals surface area contributed by atoms with Crippen LogP contribution >= 0.6 is 0 Å². The number of nitrogens with one attached hydrogen (secondary N) is 4. The summed E-state index contributed by atoms with van der Waals surface area (Å²) in [5.74, 6) is -6.07. The first-order valence-corrected chi connectivity index (χ1v) is 14.4. The van der Waals surface area contributed by atoms with Crippen LogP contribution in [-0.4, -0.2) is 123 Å². The van der Waals surface area contributed by atoms with Crippen molar-refractivity contribution in [3.05, 3.63) is 29.8 Å². The lowest BCUT2D eigenvalue weighted by Crippen LogP contribution is -2.61. The number of amides is 6. The maximum absolute atomic E-state index is 13.6. The number of rotatable bonds is 5. The molecule has 6 amide bonds. The van der Waals surface area contributed by atoms with E-state index in [1.807, 2.05) is 0 Å².